The number of carboxylic acid groups (broad SMARTS) is 1. The van der Waals surface area contributed by atoms with Crippen LogP contribution in [0.2, 0.25) is 5.02 Å². The Balaban J connectivity index is 2.29. The van der Waals surface area contributed by atoms with E-state index in [2.05, 4.69) is 10.6 Å². The lowest BCUT2D eigenvalue weighted by molar-refractivity contribution is -0.137. The fourth-order valence-electron chi connectivity index (χ4n) is 1.40. The second kappa shape index (κ2) is 7.58. The lowest BCUT2D eigenvalue weighted by Crippen LogP contribution is -2.29. The van der Waals surface area contributed by atoms with Gasteiger partial charge in [0.2, 0.25) is 0 Å². The van der Waals surface area contributed by atoms with E-state index in [9.17, 15) is 14.0 Å². The minimum absolute atomic E-state index is 0.0722. The Kier molecular flexibility index (Phi) is 6.08. The number of unbranched alkanes of at least 4 members (excludes halogenated alkanes) is 1. The first-order valence-corrected chi connectivity index (χ1v) is 6.08. The van der Waals surface area contributed by atoms with Crippen LogP contribution in [-0.4, -0.2) is 23.7 Å². The average Bonchev–Trinajstić information content (AvgIpc) is 2.26. The van der Waals surface area contributed by atoms with Crippen LogP contribution in [0.25, 0.3) is 0 Å². The molecule has 0 atom stereocenters. The third-order valence-electron chi connectivity index (χ3n) is 2.22. The third-order valence-corrected chi connectivity index (χ3v) is 2.44. The van der Waals surface area contributed by atoms with Gasteiger partial charge in [0.1, 0.15) is 5.82 Å². The number of hydrogen-bond acceptors (Lipinski definition) is 2. The highest BCUT2D eigenvalue weighted by atomic mass is 35.5. The normalized spacial score (nSPS) is 10.0. The quantitative estimate of drug-likeness (QED) is 0.704. The molecule has 0 aromatic heterocycles. The predicted octanol–water partition coefficient (Wildman–Crippen LogP) is 2.86. The minimum atomic E-state index is -0.862. The van der Waals surface area contributed by atoms with Gasteiger partial charge in [0, 0.05) is 23.7 Å². The second-order valence-corrected chi connectivity index (χ2v) is 4.33. The Morgan fingerprint density at radius 1 is 1.26 bits per heavy atom. The van der Waals surface area contributed by atoms with E-state index < -0.39 is 17.8 Å². The number of rotatable bonds is 6. The third kappa shape index (κ3) is 6.61. The van der Waals surface area contributed by atoms with Crippen LogP contribution in [0.3, 0.4) is 0 Å². The van der Waals surface area contributed by atoms with Crippen LogP contribution in [0.4, 0.5) is 14.9 Å². The Morgan fingerprint density at radius 2 is 2.00 bits per heavy atom. The predicted molar refractivity (Wildman–Crippen MR) is 69.9 cm³/mol. The van der Waals surface area contributed by atoms with Gasteiger partial charge in [-0.1, -0.05) is 11.6 Å². The van der Waals surface area contributed by atoms with Crippen molar-refractivity contribution >= 4 is 29.3 Å². The lowest BCUT2D eigenvalue weighted by Gasteiger charge is -2.07. The molecule has 0 heterocycles. The molecule has 1 aromatic carbocycles. The summed E-state index contributed by atoms with van der Waals surface area (Å²) >= 11 is 5.64. The molecule has 19 heavy (non-hydrogen) atoms. The van der Waals surface area contributed by atoms with E-state index in [0.29, 0.717) is 19.4 Å². The molecule has 0 aliphatic rings. The van der Waals surface area contributed by atoms with Crippen molar-refractivity contribution in [2.75, 3.05) is 11.9 Å². The first-order valence-electron chi connectivity index (χ1n) is 5.70. The number of halogens is 2. The van der Waals surface area contributed by atoms with Crippen molar-refractivity contribution in [3.05, 3.63) is 29.0 Å². The molecular weight excluding hydrogens is 275 g/mol. The van der Waals surface area contributed by atoms with Gasteiger partial charge < -0.3 is 15.7 Å². The zero-order valence-electron chi connectivity index (χ0n) is 10.1. The molecule has 3 N–H and O–H groups in total. The fraction of sp³-hybridized carbons (Fsp3) is 0.333. The van der Waals surface area contributed by atoms with E-state index in [4.69, 9.17) is 16.7 Å². The van der Waals surface area contributed by atoms with Crippen molar-refractivity contribution < 1.29 is 19.1 Å². The van der Waals surface area contributed by atoms with E-state index in [-0.39, 0.29) is 17.1 Å². The summed E-state index contributed by atoms with van der Waals surface area (Å²) in [6.45, 7) is 0.349. The highest BCUT2D eigenvalue weighted by molar-refractivity contribution is 6.30. The largest absolute Gasteiger partial charge is 0.481 e. The standard InChI is InChI=1S/C12H14ClFN2O3/c13-8-5-9(14)7-10(6-8)16-12(19)15-4-2-1-3-11(17)18/h5-7H,1-4H2,(H,17,18)(H2,15,16,19). The van der Waals surface area contributed by atoms with E-state index in [1.165, 1.54) is 6.07 Å². The number of urea groups is 1. The van der Waals surface area contributed by atoms with Gasteiger partial charge >= 0.3 is 12.0 Å². The minimum Gasteiger partial charge on any atom is -0.481 e. The molecule has 5 nitrogen and oxygen atoms in total. The summed E-state index contributed by atoms with van der Waals surface area (Å²) in [6, 6.07) is 3.22. The highest BCUT2D eigenvalue weighted by Gasteiger charge is 2.04. The number of carbonyl (C=O) groups is 2. The smallest absolute Gasteiger partial charge is 0.319 e. The summed E-state index contributed by atoms with van der Waals surface area (Å²) in [5.74, 6) is -1.40. The van der Waals surface area contributed by atoms with Crippen LogP contribution in [0.1, 0.15) is 19.3 Å². The molecule has 1 rings (SSSR count). The van der Waals surface area contributed by atoms with Gasteiger partial charge in [-0.2, -0.15) is 0 Å². The summed E-state index contributed by atoms with van der Waals surface area (Å²) in [5.41, 5.74) is 0.257. The van der Waals surface area contributed by atoms with Gasteiger partial charge in [0.15, 0.2) is 0 Å². The molecule has 0 unspecified atom stereocenters. The molecule has 0 spiro atoms. The summed E-state index contributed by atoms with van der Waals surface area (Å²) in [5, 5.41) is 13.6. The van der Waals surface area contributed by atoms with Crippen LogP contribution in [0, 0.1) is 5.82 Å². The zero-order valence-corrected chi connectivity index (χ0v) is 10.8. The van der Waals surface area contributed by atoms with Gasteiger partial charge in [-0.05, 0) is 31.0 Å². The van der Waals surface area contributed by atoms with Gasteiger partial charge in [0.25, 0.3) is 0 Å². The van der Waals surface area contributed by atoms with Crippen molar-refractivity contribution in [3.63, 3.8) is 0 Å². The molecule has 0 bridgehead atoms. The van der Waals surface area contributed by atoms with Gasteiger partial charge in [-0.15, -0.1) is 0 Å². The zero-order chi connectivity index (χ0) is 14.3. The average molecular weight is 289 g/mol. The highest BCUT2D eigenvalue weighted by Crippen LogP contribution is 2.17. The molecule has 0 aliphatic heterocycles. The SMILES string of the molecule is O=C(O)CCCCNC(=O)Nc1cc(F)cc(Cl)c1. The molecule has 0 fully saturated rings. The first-order chi connectivity index (χ1) is 8.97. The molecule has 0 saturated carbocycles. The number of hydrogen-bond donors (Lipinski definition) is 3. The number of amides is 2. The van der Waals surface area contributed by atoms with E-state index >= 15 is 0 Å². The van der Waals surface area contributed by atoms with Gasteiger partial charge in [-0.25, -0.2) is 9.18 Å². The summed E-state index contributed by atoms with van der Waals surface area (Å²) in [6.07, 6.45) is 1.12. The lowest BCUT2D eigenvalue weighted by atomic mass is 10.2. The Hall–Kier alpha value is -1.82. The molecule has 0 radical (unpaired) electrons. The molecule has 0 saturated heterocycles. The molecule has 104 valence electrons. The van der Waals surface area contributed by atoms with Crippen molar-refractivity contribution in [2.24, 2.45) is 0 Å². The first kappa shape index (κ1) is 15.2. The Bertz CT molecular complexity index is 448. The summed E-state index contributed by atoms with van der Waals surface area (Å²) in [7, 11) is 0. The molecule has 0 aliphatic carbocycles. The number of aliphatic carboxylic acids is 1. The van der Waals surface area contributed by atoms with Crippen LogP contribution < -0.4 is 10.6 Å². The van der Waals surface area contributed by atoms with Crippen LogP contribution in [-0.2, 0) is 4.79 Å². The van der Waals surface area contributed by atoms with Crippen LogP contribution >= 0.6 is 11.6 Å². The van der Waals surface area contributed by atoms with E-state index in [1.807, 2.05) is 0 Å². The van der Waals surface area contributed by atoms with Crippen LogP contribution in [0.15, 0.2) is 18.2 Å². The maximum atomic E-state index is 13.0. The van der Waals surface area contributed by atoms with Crippen molar-refractivity contribution in [1.29, 1.82) is 0 Å². The summed E-state index contributed by atoms with van der Waals surface area (Å²) < 4.78 is 13.0. The second-order valence-electron chi connectivity index (χ2n) is 3.89. The monoisotopic (exact) mass is 288 g/mol. The van der Waals surface area contributed by atoms with Gasteiger partial charge in [0.05, 0.1) is 0 Å². The number of carboxylic acids is 1. The Morgan fingerprint density at radius 3 is 2.63 bits per heavy atom. The van der Waals surface area contributed by atoms with Crippen molar-refractivity contribution in [1.82, 2.24) is 5.32 Å². The number of nitrogens with one attached hydrogen (secondary N) is 2. The number of anilines is 1. The van der Waals surface area contributed by atoms with Crippen molar-refractivity contribution in [2.45, 2.75) is 19.3 Å². The Labute approximate surface area is 114 Å². The van der Waals surface area contributed by atoms with E-state index in [0.717, 1.165) is 12.1 Å². The summed E-state index contributed by atoms with van der Waals surface area (Å²) in [4.78, 5) is 21.7. The molecule has 1 aromatic rings. The molecule has 7 heteroatoms. The number of benzene rings is 1. The fourth-order valence-corrected chi connectivity index (χ4v) is 1.63. The molecular formula is C12H14ClFN2O3. The molecule has 2 amide bonds. The maximum absolute atomic E-state index is 13.0. The van der Waals surface area contributed by atoms with Crippen LogP contribution in [0.5, 0.6) is 0 Å². The maximum Gasteiger partial charge on any atom is 0.319 e. The topological polar surface area (TPSA) is 78.4 Å². The van der Waals surface area contributed by atoms with Gasteiger partial charge in [-0.3, -0.25) is 4.79 Å². The van der Waals surface area contributed by atoms with E-state index in [1.54, 1.807) is 0 Å². The van der Waals surface area contributed by atoms with Crippen molar-refractivity contribution in [3.8, 4) is 0 Å². The number of carbonyl (C=O) groups excluding carboxylic acids is 1.